The van der Waals surface area contributed by atoms with Gasteiger partial charge in [0.15, 0.2) is 0 Å². The molecule has 0 aromatic heterocycles. The average Bonchev–Trinajstić information content (AvgIpc) is 2.27. The first-order valence-electron chi connectivity index (χ1n) is 5.10. The van der Waals surface area contributed by atoms with E-state index < -0.39 is 0 Å². The quantitative estimate of drug-likeness (QED) is 0.903. The molecule has 0 fully saturated rings. The molecule has 1 N–H and O–H groups in total. The van der Waals surface area contributed by atoms with Crippen molar-refractivity contribution in [2.75, 3.05) is 7.11 Å². The predicted molar refractivity (Wildman–Crippen MR) is 67.2 cm³/mol. The first kappa shape index (κ1) is 13.0. The molecule has 16 heavy (non-hydrogen) atoms. The fraction of sp³-hybridized carbons (Fsp3) is 0.417. The van der Waals surface area contributed by atoms with Gasteiger partial charge in [-0.05, 0) is 19.1 Å². The summed E-state index contributed by atoms with van der Waals surface area (Å²) >= 11 is 3.40. The largest absolute Gasteiger partial charge is 0.496 e. The number of hydrogen-bond acceptors (Lipinski definition) is 3. The van der Waals surface area contributed by atoms with Crippen molar-refractivity contribution in [2.24, 2.45) is 0 Å². The highest BCUT2D eigenvalue weighted by atomic mass is 79.9. The van der Waals surface area contributed by atoms with Gasteiger partial charge in [-0.25, -0.2) is 0 Å². The van der Waals surface area contributed by atoms with E-state index in [1.165, 1.54) is 0 Å². The van der Waals surface area contributed by atoms with Crippen LogP contribution in [0.15, 0.2) is 22.7 Å². The van der Waals surface area contributed by atoms with Crippen LogP contribution < -0.4 is 10.1 Å². The Bertz CT molecular complexity index is 387. The lowest BCUT2D eigenvalue weighted by molar-refractivity contribution is 0.405. The summed E-state index contributed by atoms with van der Waals surface area (Å²) in [5.74, 6) is 0.853. The maximum atomic E-state index is 8.55. The fourth-order valence-corrected chi connectivity index (χ4v) is 1.70. The molecule has 1 atom stereocenters. The second-order valence-corrected chi connectivity index (χ2v) is 4.52. The zero-order valence-electron chi connectivity index (χ0n) is 9.46. The zero-order chi connectivity index (χ0) is 12.0. The Balaban J connectivity index is 2.63. The summed E-state index contributed by atoms with van der Waals surface area (Å²) in [6.07, 6.45) is 0.513. The van der Waals surface area contributed by atoms with E-state index in [1.807, 2.05) is 25.1 Å². The minimum atomic E-state index is 0.193. The van der Waals surface area contributed by atoms with E-state index in [-0.39, 0.29) is 6.04 Å². The van der Waals surface area contributed by atoms with Gasteiger partial charge in [-0.1, -0.05) is 22.0 Å². The summed E-state index contributed by atoms with van der Waals surface area (Å²) in [7, 11) is 1.66. The van der Waals surface area contributed by atoms with Gasteiger partial charge in [0, 0.05) is 22.6 Å². The molecule has 0 saturated heterocycles. The van der Waals surface area contributed by atoms with Crippen molar-refractivity contribution in [1.29, 1.82) is 5.26 Å². The molecule has 1 rings (SSSR count). The Morgan fingerprint density at radius 3 is 2.94 bits per heavy atom. The molecule has 1 aromatic rings. The van der Waals surface area contributed by atoms with E-state index in [0.717, 1.165) is 15.8 Å². The van der Waals surface area contributed by atoms with Gasteiger partial charge in [0.25, 0.3) is 0 Å². The number of benzene rings is 1. The summed E-state index contributed by atoms with van der Waals surface area (Å²) in [6, 6.07) is 8.26. The molecule has 3 nitrogen and oxygen atoms in total. The van der Waals surface area contributed by atoms with Crippen LogP contribution in [0.25, 0.3) is 0 Å². The number of nitriles is 1. The highest BCUT2D eigenvalue weighted by Gasteiger charge is 2.05. The van der Waals surface area contributed by atoms with Gasteiger partial charge in [-0.3, -0.25) is 0 Å². The highest BCUT2D eigenvalue weighted by Crippen LogP contribution is 2.23. The van der Waals surface area contributed by atoms with Crippen molar-refractivity contribution in [1.82, 2.24) is 5.32 Å². The Labute approximate surface area is 105 Å². The zero-order valence-corrected chi connectivity index (χ0v) is 11.0. The van der Waals surface area contributed by atoms with Gasteiger partial charge in [0.2, 0.25) is 0 Å². The molecule has 0 saturated carbocycles. The van der Waals surface area contributed by atoms with E-state index >= 15 is 0 Å². The molecule has 0 radical (unpaired) electrons. The van der Waals surface area contributed by atoms with Crippen LogP contribution in [0.3, 0.4) is 0 Å². The number of nitrogens with one attached hydrogen (secondary N) is 1. The molecule has 86 valence electrons. The van der Waals surface area contributed by atoms with Crippen LogP contribution in [0.4, 0.5) is 0 Å². The Morgan fingerprint density at radius 2 is 2.31 bits per heavy atom. The summed E-state index contributed by atoms with van der Waals surface area (Å²) in [6.45, 7) is 2.70. The Morgan fingerprint density at radius 1 is 1.56 bits per heavy atom. The van der Waals surface area contributed by atoms with Gasteiger partial charge in [-0.15, -0.1) is 0 Å². The van der Waals surface area contributed by atoms with Gasteiger partial charge in [0.05, 0.1) is 19.6 Å². The second-order valence-electron chi connectivity index (χ2n) is 3.60. The van der Waals surface area contributed by atoms with Crippen LogP contribution >= 0.6 is 15.9 Å². The molecular weight excluding hydrogens is 268 g/mol. The van der Waals surface area contributed by atoms with Crippen molar-refractivity contribution in [3.63, 3.8) is 0 Å². The van der Waals surface area contributed by atoms with Crippen LogP contribution in [0, 0.1) is 11.3 Å². The minimum Gasteiger partial charge on any atom is -0.496 e. The lowest BCUT2D eigenvalue weighted by Gasteiger charge is -2.13. The van der Waals surface area contributed by atoms with Crippen molar-refractivity contribution in [3.05, 3.63) is 28.2 Å². The smallest absolute Gasteiger partial charge is 0.124 e. The van der Waals surface area contributed by atoms with E-state index in [4.69, 9.17) is 10.00 Å². The van der Waals surface area contributed by atoms with Crippen molar-refractivity contribution in [3.8, 4) is 11.8 Å². The lowest BCUT2D eigenvalue weighted by Crippen LogP contribution is -2.25. The number of ether oxygens (including phenoxy) is 1. The maximum absolute atomic E-state index is 8.55. The standard InChI is InChI=1S/C12H15BrN2O/c1-9(5-6-14)15-8-10-3-4-11(13)7-12(10)16-2/h3-4,7,9,15H,5,8H2,1-2H3. The van der Waals surface area contributed by atoms with Gasteiger partial charge in [-0.2, -0.15) is 5.26 Å². The molecule has 0 aliphatic rings. The summed E-state index contributed by atoms with van der Waals surface area (Å²) < 4.78 is 6.28. The highest BCUT2D eigenvalue weighted by molar-refractivity contribution is 9.10. The number of methoxy groups -OCH3 is 1. The molecule has 0 amide bonds. The Kier molecular flexibility index (Phi) is 5.30. The number of nitrogens with zero attached hydrogens (tertiary/aromatic N) is 1. The minimum absolute atomic E-state index is 0.193. The monoisotopic (exact) mass is 282 g/mol. The van der Waals surface area contributed by atoms with Gasteiger partial charge in [0.1, 0.15) is 5.75 Å². The van der Waals surface area contributed by atoms with Crippen molar-refractivity contribution in [2.45, 2.75) is 25.9 Å². The maximum Gasteiger partial charge on any atom is 0.124 e. The second kappa shape index (κ2) is 6.51. The molecule has 0 aliphatic carbocycles. The summed E-state index contributed by atoms with van der Waals surface area (Å²) in [5, 5.41) is 11.8. The molecule has 0 heterocycles. The normalized spacial score (nSPS) is 11.9. The fourth-order valence-electron chi connectivity index (χ4n) is 1.36. The molecule has 0 bridgehead atoms. The topological polar surface area (TPSA) is 45.0 Å². The van der Waals surface area contributed by atoms with Crippen LogP contribution in [0.2, 0.25) is 0 Å². The molecular formula is C12H15BrN2O. The molecule has 1 unspecified atom stereocenters. The molecule has 4 heteroatoms. The third-order valence-corrected chi connectivity index (χ3v) is 2.78. The van der Waals surface area contributed by atoms with Crippen LogP contribution in [-0.2, 0) is 6.54 Å². The third-order valence-electron chi connectivity index (χ3n) is 2.29. The lowest BCUT2D eigenvalue weighted by atomic mass is 10.2. The number of rotatable bonds is 5. The third kappa shape index (κ3) is 3.84. The van der Waals surface area contributed by atoms with Crippen LogP contribution in [-0.4, -0.2) is 13.2 Å². The predicted octanol–water partition coefficient (Wildman–Crippen LogP) is 2.85. The average molecular weight is 283 g/mol. The SMILES string of the molecule is COc1cc(Br)ccc1CNC(C)CC#N. The van der Waals surface area contributed by atoms with Crippen molar-refractivity contribution < 1.29 is 4.74 Å². The summed E-state index contributed by atoms with van der Waals surface area (Å²) in [4.78, 5) is 0. The Hall–Kier alpha value is -1.05. The van der Waals surface area contributed by atoms with Crippen molar-refractivity contribution >= 4 is 15.9 Å². The number of halogens is 1. The van der Waals surface area contributed by atoms with E-state index in [0.29, 0.717) is 13.0 Å². The number of hydrogen-bond donors (Lipinski definition) is 1. The van der Waals surface area contributed by atoms with E-state index in [9.17, 15) is 0 Å². The van der Waals surface area contributed by atoms with Crippen LogP contribution in [0.5, 0.6) is 5.75 Å². The van der Waals surface area contributed by atoms with Crippen LogP contribution in [0.1, 0.15) is 18.9 Å². The molecule has 0 spiro atoms. The first-order chi connectivity index (χ1) is 7.67. The van der Waals surface area contributed by atoms with E-state index in [2.05, 4.69) is 27.3 Å². The van der Waals surface area contributed by atoms with Gasteiger partial charge < -0.3 is 10.1 Å². The summed E-state index contributed by atoms with van der Waals surface area (Å²) in [5.41, 5.74) is 1.09. The van der Waals surface area contributed by atoms with Gasteiger partial charge >= 0.3 is 0 Å². The molecule has 1 aromatic carbocycles. The molecule has 0 aliphatic heterocycles. The van der Waals surface area contributed by atoms with E-state index in [1.54, 1.807) is 7.11 Å². The first-order valence-corrected chi connectivity index (χ1v) is 5.89.